The summed E-state index contributed by atoms with van der Waals surface area (Å²) in [6, 6.07) is 1.63. The molecule has 16 heavy (non-hydrogen) atoms. The topological polar surface area (TPSA) is 59.5 Å². The van der Waals surface area contributed by atoms with E-state index in [-0.39, 0.29) is 11.9 Å². The molecule has 0 radical (unpaired) electrons. The van der Waals surface area contributed by atoms with Gasteiger partial charge in [-0.3, -0.25) is 4.79 Å². The van der Waals surface area contributed by atoms with Gasteiger partial charge in [-0.2, -0.15) is 0 Å². The Balaban J connectivity index is 2.18. The van der Waals surface area contributed by atoms with Crippen LogP contribution in [0.5, 0.6) is 0 Å². The minimum absolute atomic E-state index is 0.0489. The minimum atomic E-state index is -0.0993. The Kier molecular flexibility index (Phi) is 2.96. The summed E-state index contributed by atoms with van der Waals surface area (Å²) in [7, 11) is 0. The Morgan fingerprint density at radius 3 is 3.00 bits per heavy atom. The molecule has 1 saturated heterocycles. The number of likely N-dealkylation sites (tertiary alicyclic amines) is 1. The molecule has 1 aromatic heterocycles. The molecule has 2 heterocycles. The van der Waals surface area contributed by atoms with Crippen molar-refractivity contribution in [2.75, 3.05) is 6.54 Å². The van der Waals surface area contributed by atoms with Gasteiger partial charge < -0.3 is 15.1 Å². The molecule has 1 aromatic rings. The first-order valence-electron chi connectivity index (χ1n) is 5.25. The van der Waals surface area contributed by atoms with E-state index in [1.807, 2.05) is 6.92 Å². The van der Waals surface area contributed by atoms with Crippen LogP contribution in [0, 0.1) is 6.92 Å². The van der Waals surface area contributed by atoms with Crippen molar-refractivity contribution in [3.8, 4) is 0 Å². The highest BCUT2D eigenvalue weighted by Gasteiger charge is 2.31. The maximum absolute atomic E-state index is 12.1. The van der Waals surface area contributed by atoms with Gasteiger partial charge in [0, 0.05) is 6.54 Å². The zero-order chi connectivity index (χ0) is 11.7. The van der Waals surface area contributed by atoms with Gasteiger partial charge in [0.2, 0.25) is 0 Å². The largest absolute Gasteiger partial charge is 0.469 e. The predicted molar refractivity (Wildman–Crippen MR) is 64.3 cm³/mol. The number of carbonyl (C=O) groups is 1. The number of hydrogen-bond donors (Lipinski definition) is 1. The maximum Gasteiger partial charge on any atom is 0.257 e. The Bertz CT molecular complexity index is 427. The van der Waals surface area contributed by atoms with Crippen LogP contribution in [0.1, 0.15) is 29.0 Å². The third-order valence-electron chi connectivity index (χ3n) is 2.82. The molecule has 1 fully saturated rings. The molecule has 0 aliphatic carbocycles. The molecule has 1 aliphatic heterocycles. The van der Waals surface area contributed by atoms with Crippen molar-refractivity contribution in [2.45, 2.75) is 25.8 Å². The lowest BCUT2D eigenvalue weighted by Gasteiger charge is -2.22. The van der Waals surface area contributed by atoms with Gasteiger partial charge in [0.1, 0.15) is 12.0 Å². The summed E-state index contributed by atoms with van der Waals surface area (Å²) in [5.74, 6) is 0.682. The highest BCUT2D eigenvalue weighted by molar-refractivity contribution is 7.80. The summed E-state index contributed by atoms with van der Waals surface area (Å²) >= 11 is 4.97. The van der Waals surface area contributed by atoms with Crippen molar-refractivity contribution in [3.63, 3.8) is 0 Å². The van der Waals surface area contributed by atoms with Crippen LogP contribution in [0.4, 0.5) is 0 Å². The van der Waals surface area contributed by atoms with Crippen LogP contribution < -0.4 is 5.73 Å². The number of nitrogens with zero attached hydrogens (tertiary/aromatic N) is 1. The third kappa shape index (κ3) is 1.95. The zero-order valence-corrected chi connectivity index (χ0v) is 9.92. The molecule has 1 aliphatic rings. The molecule has 4 nitrogen and oxygen atoms in total. The molecule has 0 saturated carbocycles. The number of amides is 1. The highest BCUT2D eigenvalue weighted by atomic mass is 32.1. The Hall–Kier alpha value is -1.36. The quantitative estimate of drug-likeness (QED) is 0.793. The van der Waals surface area contributed by atoms with Crippen molar-refractivity contribution < 1.29 is 9.21 Å². The third-order valence-corrected chi connectivity index (χ3v) is 3.09. The van der Waals surface area contributed by atoms with E-state index in [1.165, 1.54) is 6.26 Å². The zero-order valence-electron chi connectivity index (χ0n) is 9.10. The van der Waals surface area contributed by atoms with Crippen molar-refractivity contribution >= 4 is 23.1 Å². The molecule has 0 aromatic carbocycles. The second-order valence-electron chi connectivity index (χ2n) is 4.00. The van der Waals surface area contributed by atoms with Gasteiger partial charge in [-0.15, -0.1) is 0 Å². The van der Waals surface area contributed by atoms with E-state index in [9.17, 15) is 4.79 Å². The number of carbonyl (C=O) groups excluding carboxylic acids is 1. The summed E-state index contributed by atoms with van der Waals surface area (Å²) in [5, 5.41) is 0. The van der Waals surface area contributed by atoms with E-state index in [2.05, 4.69) is 0 Å². The Morgan fingerprint density at radius 2 is 2.44 bits per heavy atom. The van der Waals surface area contributed by atoms with Gasteiger partial charge in [0.05, 0.1) is 16.6 Å². The summed E-state index contributed by atoms with van der Waals surface area (Å²) in [5.41, 5.74) is 6.19. The van der Waals surface area contributed by atoms with Gasteiger partial charge in [0.25, 0.3) is 5.91 Å². The maximum atomic E-state index is 12.1. The fourth-order valence-electron chi connectivity index (χ4n) is 2.03. The minimum Gasteiger partial charge on any atom is -0.469 e. The van der Waals surface area contributed by atoms with Gasteiger partial charge in [0.15, 0.2) is 0 Å². The summed E-state index contributed by atoms with van der Waals surface area (Å²) in [6.45, 7) is 2.52. The SMILES string of the molecule is Cc1cc(C(=O)N2CCCC2C(N)=S)co1. The average molecular weight is 238 g/mol. The molecular weight excluding hydrogens is 224 g/mol. The lowest BCUT2D eigenvalue weighted by Crippen LogP contribution is -2.42. The van der Waals surface area contributed by atoms with Crippen molar-refractivity contribution in [1.29, 1.82) is 0 Å². The van der Waals surface area contributed by atoms with E-state index in [1.54, 1.807) is 11.0 Å². The molecule has 86 valence electrons. The molecule has 5 heteroatoms. The number of thiocarbonyl (C=S) groups is 1. The van der Waals surface area contributed by atoms with Gasteiger partial charge in [-0.25, -0.2) is 0 Å². The highest BCUT2D eigenvalue weighted by Crippen LogP contribution is 2.21. The second kappa shape index (κ2) is 4.25. The number of furan rings is 1. The standard InChI is InChI=1S/C11H14N2O2S/c1-7-5-8(6-15-7)11(14)13-4-2-3-9(13)10(12)16/h5-6,9H,2-4H2,1H3,(H2,12,16). The van der Waals surface area contributed by atoms with E-state index < -0.39 is 0 Å². The van der Waals surface area contributed by atoms with Gasteiger partial charge in [-0.05, 0) is 25.8 Å². The molecule has 2 N–H and O–H groups in total. The van der Waals surface area contributed by atoms with E-state index >= 15 is 0 Å². The van der Waals surface area contributed by atoms with Gasteiger partial charge >= 0.3 is 0 Å². The number of hydrogen-bond acceptors (Lipinski definition) is 3. The molecular formula is C11H14N2O2S. The van der Waals surface area contributed by atoms with E-state index in [0.717, 1.165) is 18.6 Å². The molecule has 0 bridgehead atoms. The van der Waals surface area contributed by atoms with Crippen LogP contribution in [0.25, 0.3) is 0 Å². The monoisotopic (exact) mass is 238 g/mol. The molecule has 0 spiro atoms. The fraction of sp³-hybridized carbons (Fsp3) is 0.455. The van der Waals surface area contributed by atoms with E-state index in [4.69, 9.17) is 22.4 Å². The lowest BCUT2D eigenvalue weighted by atomic mass is 10.2. The summed E-state index contributed by atoms with van der Waals surface area (Å²) in [4.78, 5) is 14.2. The molecule has 1 unspecified atom stereocenters. The van der Waals surface area contributed by atoms with Crippen molar-refractivity contribution in [2.24, 2.45) is 5.73 Å². The summed E-state index contributed by atoms with van der Waals surface area (Å²) < 4.78 is 5.13. The molecule has 2 rings (SSSR count). The van der Waals surface area contributed by atoms with Crippen molar-refractivity contribution in [3.05, 3.63) is 23.7 Å². The smallest absolute Gasteiger partial charge is 0.257 e. The lowest BCUT2D eigenvalue weighted by molar-refractivity contribution is 0.0769. The molecule has 1 amide bonds. The first-order chi connectivity index (χ1) is 7.59. The predicted octanol–water partition coefficient (Wildman–Crippen LogP) is 1.48. The van der Waals surface area contributed by atoms with Crippen molar-refractivity contribution in [1.82, 2.24) is 4.90 Å². The number of rotatable bonds is 2. The first-order valence-corrected chi connectivity index (χ1v) is 5.66. The normalized spacial score (nSPS) is 20.1. The van der Waals surface area contributed by atoms with Crippen LogP contribution >= 0.6 is 12.2 Å². The van der Waals surface area contributed by atoms with Gasteiger partial charge in [-0.1, -0.05) is 12.2 Å². The second-order valence-corrected chi connectivity index (χ2v) is 4.48. The van der Waals surface area contributed by atoms with Crippen LogP contribution in [-0.2, 0) is 0 Å². The van der Waals surface area contributed by atoms with E-state index in [0.29, 0.717) is 17.1 Å². The first kappa shape index (κ1) is 11.1. The molecule has 1 atom stereocenters. The van der Waals surface area contributed by atoms with Crippen LogP contribution in [0.3, 0.4) is 0 Å². The van der Waals surface area contributed by atoms with Crippen LogP contribution in [0.15, 0.2) is 16.7 Å². The number of nitrogens with two attached hydrogens (primary N) is 1. The Morgan fingerprint density at radius 1 is 1.69 bits per heavy atom. The fourth-order valence-corrected chi connectivity index (χ4v) is 2.27. The van der Waals surface area contributed by atoms with Crippen LogP contribution in [-0.4, -0.2) is 28.4 Å². The van der Waals surface area contributed by atoms with Crippen LogP contribution in [0.2, 0.25) is 0 Å². The Labute approximate surface area is 99.4 Å². The summed E-state index contributed by atoms with van der Waals surface area (Å²) in [6.07, 6.45) is 3.29. The number of aryl methyl sites for hydroxylation is 1. The average Bonchev–Trinajstić information content (AvgIpc) is 2.84.